The highest BCUT2D eigenvalue weighted by Gasteiger charge is 2.35. The molecule has 168 valence electrons. The third kappa shape index (κ3) is 4.42. The van der Waals surface area contributed by atoms with Gasteiger partial charge >= 0.3 is 0 Å². The molecular weight excluding hydrogens is 404 g/mol. The Hall–Kier alpha value is -3.49. The van der Waals surface area contributed by atoms with E-state index in [1.807, 2.05) is 63.6 Å². The average molecular weight is 435 g/mol. The van der Waals surface area contributed by atoms with Gasteiger partial charge in [-0.15, -0.1) is 0 Å². The zero-order valence-corrected chi connectivity index (χ0v) is 19.5. The maximum absolute atomic E-state index is 12.5. The number of anilines is 3. The number of hydrogen-bond acceptors (Lipinski definition) is 7. The molecule has 32 heavy (non-hydrogen) atoms. The van der Waals surface area contributed by atoms with Gasteiger partial charge in [-0.05, 0) is 44.4 Å². The molecule has 3 aromatic heterocycles. The quantitative estimate of drug-likeness (QED) is 0.615. The fourth-order valence-corrected chi connectivity index (χ4v) is 4.26. The third-order valence-electron chi connectivity index (χ3n) is 5.59. The van der Waals surface area contributed by atoms with Crippen LogP contribution in [-0.2, 0) is 17.9 Å². The number of pyridine rings is 1. The first-order chi connectivity index (χ1) is 15.2. The number of carbonyl (C=O) groups excluding carboxylic acids is 1. The topological polar surface area (TPSA) is 101 Å². The van der Waals surface area contributed by atoms with E-state index in [9.17, 15) is 4.79 Å². The van der Waals surface area contributed by atoms with Crippen molar-refractivity contribution in [2.24, 2.45) is 5.92 Å². The Labute approximate surface area is 188 Å². The second-order valence-electron chi connectivity index (χ2n) is 8.78. The molecule has 4 rings (SSSR count). The number of amides is 1. The second kappa shape index (κ2) is 8.57. The number of nitrogens with one attached hydrogen (secondary N) is 2. The van der Waals surface area contributed by atoms with E-state index in [2.05, 4.69) is 42.8 Å². The molecule has 1 aliphatic heterocycles. The SMILES string of the molecule is Cc1cc(Cn2cc(CNc3nc(C)c4c(n3)N(C)C(C(C)C)C(=O)N4)cn2)cc(C)n1. The fraction of sp³-hybridized carbons (Fsp3) is 0.435. The standard InChI is InChI=1S/C23H30N8O/c1-13(2)20-22(32)28-19-16(5)27-23(29-21(19)30(20)6)24-9-18-10-25-31(12-18)11-17-7-14(3)26-15(4)8-17/h7-8,10,12-13,20H,9,11H2,1-6H3,(H,28,32)(H,24,27,29). The number of nitrogens with zero attached hydrogens (tertiary/aromatic N) is 6. The molecule has 9 nitrogen and oxygen atoms in total. The summed E-state index contributed by atoms with van der Waals surface area (Å²) in [6.07, 6.45) is 3.87. The van der Waals surface area contributed by atoms with Gasteiger partial charge in [-0.25, -0.2) is 4.98 Å². The van der Waals surface area contributed by atoms with Crippen LogP contribution in [0.4, 0.5) is 17.5 Å². The van der Waals surface area contributed by atoms with Crippen molar-refractivity contribution in [2.45, 2.75) is 53.8 Å². The Bertz CT molecular complexity index is 1130. The molecule has 0 bridgehead atoms. The van der Waals surface area contributed by atoms with E-state index >= 15 is 0 Å². The fourth-order valence-electron chi connectivity index (χ4n) is 4.26. The van der Waals surface area contributed by atoms with E-state index in [1.54, 1.807) is 0 Å². The molecule has 0 aromatic carbocycles. The van der Waals surface area contributed by atoms with Crippen molar-refractivity contribution in [1.29, 1.82) is 0 Å². The number of hydrogen-bond donors (Lipinski definition) is 2. The number of likely N-dealkylation sites (N-methyl/N-ethyl adjacent to an activating group) is 1. The maximum Gasteiger partial charge on any atom is 0.247 e. The highest BCUT2D eigenvalue weighted by molar-refractivity contribution is 6.03. The minimum atomic E-state index is -0.261. The highest BCUT2D eigenvalue weighted by atomic mass is 16.2. The molecule has 1 unspecified atom stereocenters. The van der Waals surface area contributed by atoms with Gasteiger partial charge in [0.05, 0.1) is 18.4 Å². The summed E-state index contributed by atoms with van der Waals surface area (Å²) in [5.41, 5.74) is 5.64. The van der Waals surface area contributed by atoms with Crippen LogP contribution in [0.3, 0.4) is 0 Å². The Balaban J connectivity index is 1.47. The summed E-state index contributed by atoms with van der Waals surface area (Å²) in [7, 11) is 1.91. The molecule has 0 aliphatic carbocycles. The van der Waals surface area contributed by atoms with Crippen LogP contribution in [0.1, 0.15) is 42.1 Å². The number of fused-ring (bicyclic) bond motifs is 1. The number of aryl methyl sites for hydroxylation is 3. The third-order valence-corrected chi connectivity index (χ3v) is 5.59. The van der Waals surface area contributed by atoms with E-state index in [0.717, 1.165) is 28.5 Å². The maximum atomic E-state index is 12.5. The normalized spacial score (nSPS) is 15.7. The van der Waals surface area contributed by atoms with E-state index in [-0.39, 0.29) is 17.9 Å². The summed E-state index contributed by atoms with van der Waals surface area (Å²) >= 11 is 0. The van der Waals surface area contributed by atoms with Crippen LogP contribution in [-0.4, -0.2) is 43.7 Å². The van der Waals surface area contributed by atoms with Crippen LogP contribution in [0.15, 0.2) is 24.5 Å². The van der Waals surface area contributed by atoms with E-state index in [0.29, 0.717) is 24.7 Å². The minimum Gasteiger partial charge on any atom is -0.350 e. The van der Waals surface area contributed by atoms with Crippen molar-refractivity contribution >= 4 is 23.4 Å². The van der Waals surface area contributed by atoms with Crippen molar-refractivity contribution in [3.63, 3.8) is 0 Å². The lowest BCUT2D eigenvalue weighted by Crippen LogP contribution is -2.49. The van der Waals surface area contributed by atoms with Gasteiger partial charge in [-0.3, -0.25) is 14.5 Å². The zero-order chi connectivity index (χ0) is 23.0. The molecule has 0 radical (unpaired) electrons. The molecule has 1 aliphatic rings. The van der Waals surface area contributed by atoms with Crippen molar-refractivity contribution < 1.29 is 4.79 Å². The van der Waals surface area contributed by atoms with E-state index in [4.69, 9.17) is 0 Å². The van der Waals surface area contributed by atoms with E-state index in [1.165, 1.54) is 5.56 Å². The summed E-state index contributed by atoms with van der Waals surface area (Å²) in [4.78, 5) is 28.1. The van der Waals surface area contributed by atoms with Crippen molar-refractivity contribution in [3.05, 3.63) is 52.7 Å². The average Bonchev–Trinajstić information content (AvgIpc) is 3.13. The van der Waals surface area contributed by atoms with Gasteiger partial charge in [0.15, 0.2) is 5.82 Å². The predicted octanol–water partition coefficient (Wildman–Crippen LogP) is 3.07. The van der Waals surface area contributed by atoms with Crippen molar-refractivity contribution in [1.82, 2.24) is 24.7 Å². The van der Waals surface area contributed by atoms with Crippen LogP contribution in [0.5, 0.6) is 0 Å². The largest absolute Gasteiger partial charge is 0.350 e. The summed E-state index contributed by atoms with van der Waals surface area (Å²) < 4.78 is 1.92. The smallest absolute Gasteiger partial charge is 0.247 e. The highest BCUT2D eigenvalue weighted by Crippen LogP contribution is 2.34. The number of carbonyl (C=O) groups is 1. The molecule has 0 spiro atoms. The van der Waals surface area contributed by atoms with Gasteiger partial charge in [0, 0.05) is 36.7 Å². The first-order valence-corrected chi connectivity index (χ1v) is 10.8. The first kappa shape index (κ1) is 21.7. The van der Waals surface area contributed by atoms with Crippen LogP contribution >= 0.6 is 0 Å². The molecule has 4 heterocycles. The van der Waals surface area contributed by atoms with Crippen LogP contribution in [0.2, 0.25) is 0 Å². The summed E-state index contributed by atoms with van der Waals surface area (Å²) in [5, 5.41) is 10.8. The van der Waals surface area contributed by atoms with Crippen LogP contribution < -0.4 is 15.5 Å². The van der Waals surface area contributed by atoms with Gasteiger partial charge in [-0.1, -0.05) is 13.8 Å². The Kier molecular flexibility index (Phi) is 5.82. The number of rotatable bonds is 6. The lowest BCUT2D eigenvalue weighted by molar-refractivity contribution is -0.118. The molecule has 0 saturated heterocycles. The molecule has 0 fully saturated rings. The van der Waals surface area contributed by atoms with E-state index < -0.39 is 0 Å². The Morgan fingerprint density at radius 1 is 1.09 bits per heavy atom. The predicted molar refractivity (Wildman–Crippen MR) is 125 cm³/mol. The molecule has 1 atom stereocenters. The first-order valence-electron chi connectivity index (χ1n) is 10.8. The van der Waals surface area contributed by atoms with Crippen LogP contribution in [0, 0.1) is 26.7 Å². The van der Waals surface area contributed by atoms with Gasteiger partial charge in [0.2, 0.25) is 11.9 Å². The molecule has 1 amide bonds. The lowest BCUT2D eigenvalue weighted by Gasteiger charge is -2.36. The van der Waals surface area contributed by atoms with Crippen molar-refractivity contribution in [2.75, 3.05) is 22.6 Å². The van der Waals surface area contributed by atoms with Gasteiger partial charge in [0.25, 0.3) is 0 Å². The molecular formula is C23H30N8O. The molecule has 0 saturated carbocycles. The second-order valence-corrected chi connectivity index (χ2v) is 8.78. The van der Waals surface area contributed by atoms with Gasteiger partial charge in [0.1, 0.15) is 11.7 Å². The summed E-state index contributed by atoms with van der Waals surface area (Å²) in [6.45, 7) is 11.2. The Morgan fingerprint density at radius 3 is 2.50 bits per heavy atom. The van der Waals surface area contributed by atoms with Crippen LogP contribution in [0.25, 0.3) is 0 Å². The zero-order valence-electron chi connectivity index (χ0n) is 19.5. The molecule has 9 heteroatoms. The Morgan fingerprint density at radius 2 is 1.81 bits per heavy atom. The molecule has 2 N–H and O–H groups in total. The minimum absolute atomic E-state index is 0.0191. The summed E-state index contributed by atoms with van der Waals surface area (Å²) in [6, 6.07) is 3.90. The molecule has 3 aromatic rings. The monoisotopic (exact) mass is 434 g/mol. The number of aromatic nitrogens is 5. The van der Waals surface area contributed by atoms with Gasteiger partial charge in [-0.2, -0.15) is 10.1 Å². The van der Waals surface area contributed by atoms with Crippen molar-refractivity contribution in [3.8, 4) is 0 Å². The van der Waals surface area contributed by atoms with Gasteiger partial charge < -0.3 is 15.5 Å². The lowest BCUT2D eigenvalue weighted by atomic mass is 9.99. The summed E-state index contributed by atoms with van der Waals surface area (Å²) in [5.74, 6) is 1.41.